The van der Waals surface area contributed by atoms with Gasteiger partial charge in [-0.05, 0) is 39.0 Å². The van der Waals surface area contributed by atoms with E-state index in [-0.39, 0.29) is 12.3 Å². The molecule has 0 aliphatic carbocycles. The fraction of sp³-hybridized carbons (Fsp3) is 0.800. The van der Waals surface area contributed by atoms with E-state index < -0.39 is 6.56 Å². The van der Waals surface area contributed by atoms with Crippen LogP contribution in [-0.4, -0.2) is 11.7 Å². The van der Waals surface area contributed by atoms with Crippen LogP contribution in [0.5, 0.6) is 0 Å². The van der Waals surface area contributed by atoms with Crippen LogP contribution in [0.1, 0.15) is 42.8 Å². The summed E-state index contributed by atoms with van der Waals surface area (Å²) < 4.78 is 14.0. The minimum Gasteiger partial charge on any atom is -0.396 e. The zero-order valence-corrected chi connectivity index (χ0v) is 7.72. The largest absolute Gasteiger partial charge is 0.396 e. The van der Waals surface area contributed by atoms with E-state index >= 15 is 0 Å². The van der Waals surface area contributed by atoms with Crippen molar-refractivity contribution in [1.82, 2.24) is 0 Å². The molecule has 0 aliphatic rings. The minimum absolute atomic E-state index is 0.226. The Morgan fingerprint density at radius 2 is 2.18 bits per heavy atom. The average Bonchev–Trinajstić information content (AvgIpc) is 1.81. The summed E-state index contributed by atoms with van der Waals surface area (Å²) in [6.45, 7) is 4.06. The van der Waals surface area contributed by atoms with Crippen molar-refractivity contribution in [2.75, 3.05) is 6.56 Å². The first kappa shape index (κ1) is 7.35. The van der Waals surface area contributed by atoms with Crippen LogP contribution in [0.4, 0.5) is 0 Å². The van der Waals surface area contributed by atoms with Crippen LogP contribution in [0.2, 0.25) is 0 Å². The monoisotopic (exact) mass is 158 g/mol. The lowest BCUT2D eigenvalue weighted by Gasteiger charge is -2.06. The van der Waals surface area contributed by atoms with Crippen LogP contribution in [0.15, 0.2) is 11.6 Å². The van der Waals surface area contributed by atoms with Gasteiger partial charge in [0.1, 0.15) is 0 Å². The maximum absolute atomic E-state index is 8.91. The van der Waals surface area contributed by atoms with Crippen molar-refractivity contribution in [1.29, 1.82) is 0 Å². The van der Waals surface area contributed by atoms with Crippen molar-refractivity contribution in [2.24, 2.45) is 5.92 Å². The molecule has 1 heteroatoms. The van der Waals surface area contributed by atoms with Gasteiger partial charge in [-0.3, -0.25) is 0 Å². The van der Waals surface area contributed by atoms with E-state index in [0.29, 0.717) is 0 Å². The predicted molar refractivity (Wildman–Crippen MR) is 49.5 cm³/mol. The topological polar surface area (TPSA) is 20.2 Å². The summed E-state index contributed by atoms with van der Waals surface area (Å²) in [5.41, 5.74) is 1.29. The minimum atomic E-state index is -2.01. The molecular formula is C10H20O. The van der Waals surface area contributed by atoms with Gasteiger partial charge in [-0.15, -0.1) is 0 Å². The number of rotatable bonds is 5. The second-order valence-corrected chi connectivity index (χ2v) is 3.33. The Morgan fingerprint density at radius 3 is 2.64 bits per heavy atom. The Bertz CT molecular complexity index is 166. The highest BCUT2D eigenvalue weighted by molar-refractivity contribution is 4.92. The first-order valence-corrected chi connectivity index (χ1v) is 4.17. The molecule has 0 rings (SSSR count). The Hall–Kier alpha value is -0.300. The van der Waals surface area contributed by atoms with E-state index in [1.165, 1.54) is 5.57 Å². The number of hydrogen-bond acceptors (Lipinski definition) is 1. The maximum Gasteiger partial charge on any atom is 0.0564 e. The van der Waals surface area contributed by atoms with Crippen LogP contribution >= 0.6 is 0 Å². The van der Waals surface area contributed by atoms with Crippen molar-refractivity contribution in [3.05, 3.63) is 11.6 Å². The van der Waals surface area contributed by atoms with Crippen LogP contribution < -0.4 is 0 Å². The van der Waals surface area contributed by atoms with Gasteiger partial charge < -0.3 is 5.11 Å². The molecule has 0 bridgehead atoms. The van der Waals surface area contributed by atoms with Crippen LogP contribution in [0, 0.1) is 5.92 Å². The lowest BCUT2D eigenvalue weighted by atomic mass is 10.0. The van der Waals surface area contributed by atoms with Crippen molar-refractivity contribution >= 4 is 0 Å². The van der Waals surface area contributed by atoms with Crippen LogP contribution in [0.25, 0.3) is 0 Å². The van der Waals surface area contributed by atoms with Crippen molar-refractivity contribution in [2.45, 2.75) is 40.0 Å². The van der Waals surface area contributed by atoms with Gasteiger partial charge in [0.25, 0.3) is 0 Å². The summed E-state index contributed by atoms with van der Waals surface area (Å²) in [4.78, 5) is 0. The van der Waals surface area contributed by atoms with Crippen molar-refractivity contribution in [3.8, 4) is 0 Å². The molecular weight excluding hydrogens is 136 g/mol. The third-order valence-corrected chi connectivity index (χ3v) is 1.65. The SMILES string of the molecule is [2H]C([2H])(O)CC(C)CCC=C(C)C. The summed E-state index contributed by atoms with van der Waals surface area (Å²) in [6.07, 6.45) is 4.28. The number of hydrogen-bond donors (Lipinski definition) is 1. The molecule has 1 atom stereocenters. The van der Waals surface area contributed by atoms with Gasteiger partial charge in [-0.1, -0.05) is 18.6 Å². The van der Waals surface area contributed by atoms with Gasteiger partial charge in [-0.25, -0.2) is 0 Å². The first-order valence-electron chi connectivity index (χ1n) is 5.17. The van der Waals surface area contributed by atoms with Gasteiger partial charge in [-0.2, -0.15) is 0 Å². The van der Waals surface area contributed by atoms with E-state index in [1.807, 2.05) is 6.92 Å². The highest BCUT2D eigenvalue weighted by Crippen LogP contribution is 2.10. The smallest absolute Gasteiger partial charge is 0.0564 e. The molecule has 0 aliphatic heterocycles. The Labute approximate surface area is 72.9 Å². The molecule has 0 fully saturated rings. The molecule has 1 unspecified atom stereocenters. The zero-order chi connectivity index (χ0) is 10.5. The predicted octanol–water partition coefficient (Wildman–Crippen LogP) is 2.75. The normalized spacial score (nSPS) is 16.7. The van der Waals surface area contributed by atoms with Crippen molar-refractivity contribution < 1.29 is 7.85 Å². The fourth-order valence-electron chi connectivity index (χ4n) is 0.914. The number of allylic oxidation sites excluding steroid dienone is 2. The average molecular weight is 158 g/mol. The highest BCUT2D eigenvalue weighted by Gasteiger charge is 1.98. The zero-order valence-electron chi connectivity index (χ0n) is 9.72. The molecule has 0 aromatic heterocycles. The molecule has 0 amide bonds. The van der Waals surface area contributed by atoms with E-state index in [1.54, 1.807) is 0 Å². The molecule has 0 saturated carbocycles. The quantitative estimate of drug-likeness (QED) is 0.610. The molecule has 0 spiro atoms. The lowest BCUT2D eigenvalue weighted by Crippen LogP contribution is -1.96. The maximum atomic E-state index is 8.91. The molecule has 1 nitrogen and oxygen atoms in total. The molecule has 0 saturated heterocycles. The lowest BCUT2D eigenvalue weighted by molar-refractivity contribution is 0.259. The van der Waals surface area contributed by atoms with Gasteiger partial charge in [0.15, 0.2) is 0 Å². The molecule has 66 valence electrons. The summed E-state index contributed by atoms with van der Waals surface area (Å²) in [6, 6.07) is 0. The molecule has 1 N–H and O–H groups in total. The number of aliphatic hydroxyl groups is 1. The third-order valence-electron chi connectivity index (χ3n) is 1.65. The van der Waals surface area contributed by atoms with Crippen LogP contribution in [0.3, 0.4) is 0 Å². The van der Waals surface area contributed by atoms with Crippen molar-refractivity contribution in [3.63, 3.8) is 0 Å². The molecule has 0 aromatic carbocycles. The van der Waals surface area contributed by atoms with Gasteiger partial charge in [0.2, 0.25) is 0 Å². The van der Waals surface area contributed by atoms with E-state index in [2.05, 4.69) is 19.9 Å². The molecule has 0 radical (unpaired) electrons. The summed E-state index contributed by atoms with van der Waals surface area (Å²) in [5.74, 6) is 0.232. The Morgan fingerprint density at radius 1 is 1.55 bits per heavy atom. The Kier molecular flexibility index (Phi) is 4.29. The van der Waals surface area contributed by atoms with E-state index in [9.17, 15) is 0 Å². The van der Waals surface area contributed by atoms with Gasteiger partial charge in [0.05, 0.1) is 2.74 Å². The van der Waals surface area contributed by atoms with E-state index in [4.69, 9.17) is 7.85 Å². The summed E-state index contributed by atoms with van der Waals surface area (Å²) in [7, 11) is 0. The van der Waals surface area contributed by atoms with E-state index in [0.717, 1.165) is 12.8 Å². The second kappa shape index (κ2) is 6.41. The van der Waals surface area contributed by atoms with Crippen LogP contribution in [-0.2, 0) is 0 Å². The molecule has 11 heavy (non-hydrogen) atoms. The standard InChI is InChI=1S/C10H20O/c1-9(2)5-4-6-10(3)7-8-11/h5,10-11H,4,6-8H2,1-3H3/i8D2. The Balaban J connectivity index is 3.64. The first-order chi connectivity index (χ1) is 5.81. The summed E-state index contributed by atoms with van der Waals surface area (Å²) in [5, 5.41) is 8.91. The van der Waals surface area contributed by atoms with Gasteiger partial charge >= 0.3 is 0 Å². The molecule has 0 heterocycles. The van der Waals surface area contributed by atoms with Gasteiger partial charge in [0, 0.05) is 6.56 Å². The highest BCUT2D eigenvalue weighted by atomic mass is 16.2. The molecule has 0 aromatic rings. The second-order valence-electron chi connectivity index (χ2n) is 3.33. The third kappa shape index (κ3) is 7.60. The fourth-order valence-corrected chi connectivity index (χ4v) is 0.914. The summed E-state index contributed by atoms with van der Waals surface area (Å²) >= 11 is 0.